The Hall–Kier alpha value is -1.65. The van der Waals surface area contributed by atoms with Gasteiger partial charge in [0.25, 0.3) is 5.91 Å². The molecule has 0 saturated carbocycles. The van der Waals surface area contributed by atoms with Crippen LogP contribution >= 0.6 is 15.9 Å². The molecule has 2 N–H and O–H groups in total. The van der Waals surface area contributed by atoms with Gasteiger partial charge in [-0.1, -0.05) is 46.3 Å². The van der Waals surface area contributed by atoms with Crippen molar-refractivity contribution < 1.29 is 4.79 Å². The zero-order chi connectivity index (χ0) is 15.5. The van der Waals surface area contributed by atoms with Crippen molar-refractivity contribution in [3.05, 3.63) is 70.2 Å². The lowest BCUT2D eigenvalue weighted by Gasteiger charge is -2.17. The number of hydrogen-bond donors (Lipinski definition) is 1. The maximum absolute atomic E-state index is 12.7. The molecule has 1 aliphatic heterocycles. The van der Waals surface area contributed by atoms with Crippen LogP contribution in [-0.2, 0) is 0 Å². The predicted octanol–water partition coefficient (Wildman–Crippen LogP) is 3.26. The summed E-state index contributed by atoms with van der Waals surface area (Å²) in [5.41, 5.74) is 7.94. The summed E-state index contributed by atoms with van der Waals surface area (Å²) in [6.45, 7) is 2.06. The van der Waals surface area contributed by atoms with Crippen molar-refractivity contribution in [2.45, 2.75) is 5.92 Å². The lowest BCUT2D eigenvalue weighted by Crippen LogP contribution is -2.29. The first-order valence-electron chi connectivity index (χ1n) is 7.49. The first kappa shape index (κ1) is 15.3. The molecule has 1 amide bonds. The molecule has 1 saturated heterocycles. The van der Waals surface area contributed by atoms with E-state index in [4.69, 9.17) is 5.73 Å². The standard InChI is InChI=1S/C18H19BrN2O/c19-16-8-6-14(7-9-16)18(22)21-11-15(10-20)17(12-21)13-4-2-1-3-5-13/h1-9,15,17H,10-12,20H2/t15-,17+/m1/s1. The molecule has 3 rings (SSSR count). The van der Waals surface area contributed by atoms with E-state index in [2.05, 4.69) is 28.1 Å². The molecule has 4 heteroatoms. The van der Waals surface area contributed by atoms with E-state index < -0.39 is 0 Å². The first-order valence-corrected chi connectivity index (χ1v) is 8.28. The van der Waals surface area contributed by atoms with Gasteiger partial charge in [0.2, 0.25) is 0 Å². The fourth-order valence-corrected chi connectivity index (χ4v) is 3.39. The van der Waals surface area contributed by atoms with Gasteiger partial charge in [-0.15, -0.1) is 0 Å². The molecule has 0 aromatic heterocycles. The van der Waals surface area contributed by atoms with Gasteiger partial charge in [-0.05, 0) is 42.3 Å². The van der Waals surface area contributed by atoms with Crippen LogP contribution in [0, 0.1) is 5.92 Å². The summed E-state index contributed by atoms with van der Waals surface area (Å²) in [5.74, 6) is 0.733. The van der Waals surface area contributed by atoms with Crippen LogP contribution in [0.4, 0.5) is 0 Å². The second-order valence-corrected chi connectivity index (χ2v) is 6.65. The number of nitrogens with two attached hydrogens (primary N) is 1. The van der Waals surface area contributed by atoms with Crippen LogP contribution in [0.25, 0.3) is 0 Å². The molecule has 0 aliphatic carbocycles. The number of carbonyl (C=O) groups is 1. The smallest absolute Gasteiger partial charge is 0.253 e. The Labute approximate surface area is 139 Å². The van der Waals surface area contributed by atoms with Gasteiger partial charge >= 0.3 is 0 Å². The molecule has 22 heavy (non-hydrogen) atoms. The molecular weight excluding hydrogens is 340 g/mol. The van der Waals surface area contributed by atoms with Crippen molar-refractivity contribution >= 4 is 21.8 Å². The van der Waals surface area contributed by atoms with E-state index >= 15 is 0 Å². The van der Waals surface area contributed by atoms with E-state index in [0.29, 0.717) is 18.4 Å². The highest BCUT2D eigenvalue weighted by Gasteiger charge is 2.35. The number of benzene rings is 2. The molecule has 0 unspecified atom stereocenters. The minimum Gasteiger partial charge on any atom is -0.338 e. The van der Waals surface area contributed by atoms with Gasteiger partial charge in [0.05, 0.1) is 0 Å². The molecule has 114 valence electrons. The number of rotatable bonds is 3. The largest absolute Gasteiger partial charge is 0.338 e. The minimum absolute atomic E-state index is 0.0874. The second kappa shape index (κ2) is 6.63. The molecule has 0 radical (unpaired) electrons. The molecule has 3 nitrogen and oxygen atoms in total. The number of carbonyl (C=O) groups excluding carboxylic acids is 1. The predicted molar refractivity (Wildman–Crippen MR) is 91.8 cm³/mol. The van der Waals surface area contributed by atoms with E-state index in [0.717, 1.165) is 23.1 Å². The number of hydrogen-bond acceptors (Lipinski definition) is 2. The average Bonchev–Trinajstić information content (AvgIpc) is 3.00. The lowest BCUT2D eigenvalue weighted by atomic mass is 9.89. The minimum atomic E-state index is 0.0874. The Morgan fingerprint density at radius 2 is 1.77 bits per heavy atom. The van der Waals surface area contributed by atoms with Gasteiger partial charge < -0.3 is 10.6 Å². The Morgan fingerprint density at radius 1 is 1.09 bits per heavy atom. The summed E-state index contributed by atoms with van der Waals surface area (Å²) >= 11 is 3.40. The van der Waals surface area contributed by atoms with Crippen LogP contribution in [0.5, 0.6) is 0 Å². The maximum Gasteiger partial charge on any atom is 0.253 e. The van der Waals surface area contributed by atoms with Gasteiger partial charge in [0, 0.05) is 29.0 Å². The Balaban J connectivity index is 1.79. The third-order valence-electron chi connectivity index (χ3n) is 4.35. The van der Waals surface area contributed by atoms with Crippen LogP contribution in [0.1, 0.15) is 21.8 Å². The number of likely N-dealkylation sites (tertiary alicyclic amines) is 1. The quantitative estimate of drug-likeness (QED) is 0.914. The summed E-state index contributed by atoms with van der Waals surface area (Å²) in [5, 5.41) is 0. The van der Waals surface area contributed by atoms with Crippen LogP contribution < -0.4 is 5.73 Å². The van der Waals surface area contributed by atoms with Crippen molar-refractivity contribution in [3.8, 4) is 0 Å². The molecule has 2 aromatic rings. The Kier molecular flexibility index (Phi) is 4.60. The molecule has 0 spiro atoms. The molecular formula is C18H19BrN2O. The van der Waals surface area contributed by atoms with E-state index in [1.807, 2.05) is 47.4 Å². The van der Waals surface area contributed by atoms with Gasteiger partial charge in [-0.25, -0.2) is 0 Å². The fraction of sp³-hybridized carbons (Fsp3) is 0.278. The first-order chi connectivity index (χ1) is 10.7. The van der Waals surface area contributed by atoms with Crippen molar-refractivity contribution in [1.82, 2.24) is 4.90 Å². The van der Waals surface area contributed by atoms with Gasteiger partial charge in [0.15, 0.2) is 0 Å². The third-order valence-corrected chi connectivity index (χ3v) is 4.88. The van der Waals surface area contributed by atoms with Crippen LogP contribution in [0.15, 0.2) is 59.1 Å². The van der Waals surface area contributed by atoms with Gasteiger partial charge in [-0.2, -0.15) is 0 Å². The fourth-order valence-electron chi connectivity index (χ4n) is 3.13. The van der Waals surface area contributed by atoms with Crippen molar-refractivity contribution in [2.24, 2.45) is 11.7 Å². The van der Waals surface area contributed by atoms with Crippen molar-refractivity contribution in [1.29, 1.82) is 0 Å². The third kappa shape index (κ3) is 3.08. The van der Waals surface area contributed by atoms with Gasteiger partial charge in [0.1, 0.15) is 0 Å². The molecule has 2 aromatic carbocycles. The summed E-state index contributed by atoms with van der Waals surface area (Å²) < 4.78 is 0.979. The highest BCUT2D eigenvalue weighted by Crippen LogP contribution is 2.32. The van der Waals surface area contributed by atoms with Crippen LogP contribution in [0.3, 0.4) is 0 Å². The van der Waals surface area contributed by atoms with Crippen molar-refractivity contribution in [3.63, 3.8) is 0 Å². The van der Waals surface area contributed by atoms with E-state index in [1.165, 1.54) is 5.56 Å². The average molecular weight is 359 g/mol. The highest BCUT2D eigenvalue weighted by atomic mass is 79.9. The summed E-state index contributed by atoms with van der Waals surface area (Å²) in [6.07, 6.45) is 0. The van der Waals surface area contributed by atoms with E-state index in [-0.39, 0.29) is 5.91 Å². The van der Waals surface area contributed by atoms with E-state index in [9.17, 15) is 4.79 Å². The summed E-state index contributed by atoms with van der Waals surface area (Å²) in [7, 11) is 0. The van der Waals surface area contributed by atoms with Gasteiger partial charge in [-0.3, -0.25) is 4.79 Å². The Bertz CT molecular complexity index is 642. The van der Waals surface area contributed by atoms with E-state index in [1.54, 1.807) is 0 Å². The Morgan fingerprint density at radius 3 is 2.41 bits per heavy atom. The van der Waals surface area contributed by atoms with Crippen molar-refractivity contribution in [2.75, 3.05) is 19.6 Å². The SMILES string of the molecule is NC[C@@H]1CN(C(=O)c2ccc(Br)cc2)C[C@H]1c1ccccc1. The summed E-state index contributed by atoms with van der Waals surface area (Å²) in [4.78, 5) is 14.6. The number of nitrogens with zero attached hydrogens (tertiary/aromatic N) is 1. The molecule has 1 aliphatic rings. The lowest BCUT2D eigenvalue weighted by molar-refractivity contribution is 0.0786. The highest BCUT2D eigenvalue weighted by molar-refractivity contribution is 9.10. The molecule has 2 atom stereocenters. The second-order valence-electron chi connectivity index (χ2n) is 5.73. The molecule has 1 heterocycles. The number of halogens is 1. The van der Waals surface area contributed by atoms with Crippen LogP contribution in [-0.4, -0.2) is 30.4 Å². The maximum atomic E-state index is 12.7. The topological polar surface area (TPSA) is 46.3 Å². The zero-order valence-corrected chi connectivity index (χ0v) is 13.9. The molecule has 1 fully saturated rings. The zero-order valence-electron chi connectivity index (χ0n) is 12.3. The number of amides is 1. The van der Waals surface area contributed by atoms with Crippen LogP contribution in [0.2, 0.25) is 0 Å². The normalized spacial score (nSPS) is 21.1. The summed E-state index contributed by atoms with van der Waals surface area (Å²) in [6, 6.07) is 17.9. The monoisotopic (exact) mass is 358 g/mol. The molecule has 0 bridgehead atoms.